The summed E-state index contributed by atoms with van der Waals surface area (Å²) in [5, 5.41) is 9.39. The highest BCUT2D eigenvalue weighted by Crippen LogP contribution is 2.31. The molecule has 0 bridgehead atoms. The van der Waals surface area contributed by atoms with Gasteiger partial charge in [-0.3, -0.25) is 14.8 Å². The van der Waals surface area contributed by atoms with E-state index in [9.17, 15) is 26.7 Å². The molecule has 198 valence electrons. The number of carbonyl (C=O) groups is 1. The molecule has 1 amide bonds. The number of carbonyl (C=O) groups excluding carboxylic acids is 1. The van der Waals surface area contributed by atoms with Crippen LogP contribution in [0.3, 0.4) is 0 Å². The minimum atomic E-state index is -4.49. The van der Waals surface area contributed by atoms with Gasteiger partial charge >= 0.3 is 6.18 Å². The van der Waals surface area contributed by atoms with Crippen molar-refractivity contribution in [1.29, 1.82) is 0 Å². The lowest BCUT2D eigenvalue weighted by atomic mass is 9.99. The molecule has 0 spiro atoms. The number of H-pyrrole nitrogens is 1. The van der Waals surface area contributed by atoms with Crippen molar-refractivity contribution in [2.24, 2.45) is 0 Å². The fourth-order valence-electron chi connectivity index (χ4n) is 4.75. The highest BCUT2D eigenvalue weighted by atomic mass is 19.4. The van der Waals surface area contributed by atoms with Gasteiger partial charge in [0.1, 0.15) is 5.82 Å². The van der Waals surface area contributed by atoms with Crippen LogP contribution < -0.4 is 5.32 Å². The average Bonchev–Trinajstić information content (AvgIpc) is 3.30. The van der Waals surface area contributed by atoms with Crippen LogP contribution in [-0.2, 0) is 13.0 Å². The van der Waals surface area contributed by atoms with Gasteiger partial charge in [0.25, 0.3) is 5.91 Å². The molecule has 0 unspecified atom stereocenters. The molecule has 2 N–H and O–H groups in total. The number of aromatic amines is 1. The molecule has 0 aliphatic carbocycles. The first-order valence-electron chi connectivity index (χ1n) is 12.2. The first-order chi connectivity index (χ1) is 18.2. The number of pyridine rings is 1. The second kappa shape index (κ2) is 10.5. The lowest BCUT2D eigenvalue weighted by molar-refractivity contribution is -0.127. The maximum atomic E-state index is 14.9. The Bertz CT molecular complexity index is 1480. The molecule has 11 heteroatoms. The Morgan fingerprint density at radius 2 is 1.84 bits per heavy atom. The molecule has 0 saturated carbocycles. The van der Waals surface area contributed by atoms with Crippen LogP contribution in [0, 0.1) is 11.6 Å². The molecule has 1 fully saturated rings. The number of alkyl halides is 3. The van der Waals surface area contributed by atoms with E-state index in [0.717, 1.165) is 32.4 Å². The van der Waals surface area contributed by atoms with Crippen molar-refractivity contribution in [3.63, 3.8) is 0 Å². The zero-order valence-corrected chi connectivity index (χ0v) is 20.2. The molecule has 2 aromatic heterocycles. The van der Waals surface area contributed by atoms with Crippen LogP contribution in [0.4, 0.5) is 27.8 Å². The standard InChI is InChI=1S/C27H24F5N5O/c28-21-12-16(15-37-9-2-1-3-10-37)11-19(23(21)29)17-6-7-22-20(13-17)24(36-35-22)26(38)34-25-18(5-4-8-33-25)14-27(30,31)32/h4-8,11-13H,1-3,9-10,14-15H2,(H,35,36)(H,33,34,38). The number of benzene rings is 2. The van der Waals surface area contributed by atoms with Crippen LogP contribution in [0.2, 0.25) is 0 Å². The van der Waals surface area contributed by atoms with Crippen molar-refractivity contribution in [2.45, 2.75) is 38.4 Å². The summed E-state index contributed by atoms with van der Waals surface area (Å²) in [5.41, 5.74) is 1.15. The van der Waals surface area contributed by atoms with Gasteiger partial charge in [-0.25, -0.2) is 13.8 Å². The van der Waals surface area contributed by atoms with Crippen LogP contribution in [0.25, 0.3) is 22.0 Å². The van der Waals surface area contributed by atoms with Crippen molar-refractivity contribution < 1.29 is 26.7 Å². The molecule has 1 aliphatic heterocycles. The first kappa shape index (κ1) is 25.8. The third-order valence-corrected chi connectivity index (χ3v) is 6.55. The summed E-state index contributed by atoms with van der Waals surface area (Å²) in [6, 6.07) is 10.1. The number of nitrogens with one attached hydrogen (secondary N) is 2. The average molecular weight is 530 g/mol. The third kappa shape index (κ3) is 5.67. The maximum absolute atomic E-state index is 14.9. The van der Waals surface area contributed by atoms with Gasteiger partial charge in [-0.15, -0.1) is 0 Å². The highest BCUT2D eigenvalue weighted by molar-refractivity contribution is 6.11. The number of nitrogens with zero attached hydrogens (tertiary/aromatic N) is 3. The molecule has 0 radical (unpaired) electrons. The maximum Gasteiger partial charge on any atom is 0.393 e. The summed E-state index contributed by atoms with van der Waals surface area (Å²) < 4.78 is 68.3. The zero-order chi connectivity index (χ0) is 26.9. The molecule has 38 heavy (non-hydrogen) atoms. The number of halogens is 5. The molecule has 6 nitrogen and oxygen atoms in total. The quantitative estimate of drug-likeness (QED) is 0.290. The van der Waals surface area contributed by atoms with E-state index < -0.39 is 30.1 Å². The lowest BCUT2D eigenvalue weighted by Crippen LogP contribution is -2.29. The Hall–Kier alpha value is -3.86. The minimum absolute atomic E-state index is 0.0451. The van der Waals surface area contributed by atoms with E-state index >= 15 is 0 Å². The van der Waals surface area contributed by atoms with E-state index in [-0.39, 0.29) is 22.6 Å². The Labute approximate surface area is 214 Å². The van der Waals surface area contributed by atoms with Crippen LogP contribution >= 0.6 is 0 Å². The summed E-state index contributed by atoms with van der Waals surface area (Å²) in [6.45, 7) is 2.29. The summed E-state index contributed by atoms with van der Waals surface area (Å²) >= 11 is 0. The van der Waals surface area contributed by atoms with Crippen LogP contribution in [0.5, 0.6) is 0 Å². The fraction of sp³-hybridized carbons (Fsp3) is 0.296. The second-order valence-corrected chi connectivity index (χ2v) is 9.37. The number of fused-ring (bicyclic) bond motifs is 1. The van der Waals surface area contributed by atoms with E-state index in [1.54, 1.807) is 18.2 Å². The summed E-state index contributed by atoms with van der Waals surface area (Å²) in [7, 11) is 0. The normalized spacial score (nSPS) is 14.7. The van der Waals surface area contributed by atoms with Gasteiger partial charge in [0.2, 0.25) is 0 Å². The Morgan fingerprint density at radius 3 is 2.61 bits per heavy atom. The van der Waals surface area contributed by atoms with Crippen molar-refractivity contribution in [2.75, 3.05) is 18.4 Å². The van der Waals surface area contributed by atoms with Crippen molar-refractivity contribution in [3.05, 3.63) is 77.1 Å². The number of amides is 1. The Kier molecular flexibility index (Phi) is 7.11. The van der Waals surface area contributed by atoms with Crippen LogP contribution in [0.15, 0.2) is 48.7 Å². The van der Waals surface area contributed by atoms with Gasteiger partial charge in [-0.1, -0.05) is 18.6 Å². The minimum Gasteiger partial charge on any atom is -0.305 e. The third-order valence-electron chi connectivity index (χ3n) is 6.55. The number of hydrogen-bond acceptors (Lipinski definition) is 4. The van der Waals surface area contributed by atoms with Crippen molar-refractivity contribution in [1.82, 2.24) is 20.1 Å². The van der Waals surface area contributed by atoms with E-state index in [1.165, 1.54) is 30.5 Å². The van der Waals surface area contributed by atoms with Gasteiger partial charge < -0.3 is 5.32 Å². The molecule has 0 atom stereocenters. The van der Waals surface area contributed by atoms with Gasteiger partial charge in [-0.2, -0.15) is 18.3 Å². The lowest BCUT2D eigenvalue weighted by Gasteiger charge is -2.26. The summed E-state index contributed by atoms with van der Waals surface area (Å²) in [5.74, 6) is -3.00. The van der Waals surface area contributed by atoms with Gasteiger partial charge in [0.05, 0.1) is 11.9 Å². The topological polar surface area (TPSA) is 73.9 Å². The van der Waals surface area contributed by atoms with Crippen molar-refractivity contribution in [3.8, 4) is 11.1 Å². The van der Waals surface area contributed by atoms with Gasteiger partial charge in [0, 0.05) is 29.3 Å². The number of aromatic nitrogens is 3. The SMILES string of the molecule is O=C(Nc1ncccc1CC(F)(F)F)c1n[nH]c2ccc(-c3cc(CN4CCCCC4)cc(F)c3F)cc12. The number of anilines is 1. The monoisotopic (exact) mass is 529 g/mol. The molecule has 3 heterocycles. The number of hydrogen-bond donors (Lipinski definition) is 2. The molecular weight excluding hydrogens is 505 g/mol. The zero-order valence-electron chi connectivity index (χ0n) is 20.2. The van der Waals surface area contributed by atoms with Gasteiger partial charge in [0.15, 0.2) is 17.3 Å². The molecule has 2 aromatic carbocycles. The summed E-state index contributed by atoms with van der Waals surface area (Å²) in [4.78, 5) is 19.1. The molecule has 5 rings (SSSR count). The second-order valence-electron chi connectivity index (χ2n) is 9.37. The smallest absolute Gasteiger partial charge is 0.305 e. The molecule has 1 saturated heterocycles. The van der Waals surface area contributed by atoms with Crippen LogP contribution in [-0.4, -0.2) is 45.3 Å². The highest BCUT2D eigenvalue weighted by Gasteiger charge is 2.30. The summed E-state index contributed by atoms with van der Waals surface area (Å²) in [6.07, 6.45) is -1.20. The molecular formula is C27H24F5N5O. The van der Waals surface area contributed by atoms with E-state index in [0.29, 0.717) is 28.6 Å². The van der Waals surface area contributed by atoms with E-state index in [4.69, 9.17) is 0 Å². The first-order valence-corrected chi connectivity index (χ1v) is 12.2. The predicted molar refractivity (Wildman–Crippen MR) is 133 cm³/mol. The number of rotatable bonds is 6. The predicted octanol–water partition coefficient (Wildman–Crippen LogP) is 6.25. The van der Waals surface area contributed by atoms with Gasteiger partial charge in [-0.05, 0) is 67.4 Å². The van der Waals surface area contributed by atoms with Crippen LogP contribution in [0.1, 0.15) is 40.9 Å². The number of likely N-dealkylation sites (tertiary alicyclic amines) is 1. The largest absolute Gasteiger partial charge is 0.393 e. The molecule has 4 aromatic rings. The van der Waals surface area contributed by atoms with E-state index in [1.807, 2.05) is 0 Å². The molecule has 1 aliphatic rings. The van der Waals surface area contributed by atoms with E-state index in [2.05, 4.69) is 25.4 Å². The van der Waals surface area contributed by atoms with Crippen molar-refractivity contribution >= 4 is 22.6 Å². The Balaban J connectivity index is 1.45. The fourth-order valence-corrected chi connectivity index (χ4v) is 4.75. The number of piperidine rings is 1. The Morgan fingerprint density at radius 1 is 1.05 bits per heavy atom.